The van der Waals surface area contributed by atoms with E-state index in [-0.39, 0.29) is 6.10 Å². The summed E-state index contributed by atoms with van der Waals surface area (Å²) in [6, 6.07) is 12.7. The lowest BCUT2D eigenvalue weighted by atomic mass is 10.0. The van der Waals surface area contributed by atoms with Crippen molar-refractivity contribution in [3.63, 3.8) is 0 Å². The number of hydrogen-bond donors (Lipinski definition) is 0. The molecule has 0 aromatic heterocycles. The normalized spacial score (nSPS) is 20.6. The van der Waals surface area contributed by atoms with Gasteiger partial charge in [-0.05, 0) is 41.6 Å². The second-order valence-electron chi connectivity index (χ2n) is 5.09. The van der Waals surface area contributed by atoms with Gasteiger partial charge in [0.05, 0.1) is 19.8 Å². The van der Waals surface area contributed by atoms with Gasteiger partial charge >= 0.3 is 0 Å². The molecule has 1 atom stereocenters. The number of ether oxygens (including phenoxy) is 2. The first-order chi connectivity index (χ1) is 9.26. The zero-order valence-electron chi connectivity index (χ0n) is 11.4. The largest absolute Gasteiger partial charge is 0.497 e. The highest BCUT2D eigenvalue weighted by Crippen LogP contribution is 2.27. The van der Waals surface area contributed by atoms with Crippen molar-refractivity contribution in [3.05, 3.63) is 42.0 Å². The summed E-state index contributed by atoms with van der Waals surface area (Å²) < 4.78 is 11.1. The number of methoxy groups -OCH3 is 1. The van der Waals surface area contributed by atoms with Crippen LogP contribution in [0.2, 0.25) is 0 Å². The number of likely N-dealkylation sites (N-methyl/N-ethyl adjacent to an activating group) is 1. The average Bonchev–Trinajstić information content (AvgIpc) is 2.46. The van der Waals surface area contributed by atoms with E-state index in [0.717, 1.165) is 25.4 Å². The molecule has 1 heterocycles. The van der Waals surface area contributed by atoms with Crippen LogP contribution in [0.5, 0.6) is 5.75 Å². The van der Waals surface area contributed by atoms with E-state index < -0.39 is 0 Å². The molecule has 3 nitrogen and oxygen atoms in total. The molecule has 0 aliphatic carbocycles. The zero-order chi connectivity index (χ0) is 13.2. The lowest BCUT2D eigenvalue weighted by molar-refractivity contribution is -0.0208. The average molecular weight is 257 g/mol. The Morgan fingerprint density at radius 1 is 1.16 bits per heavy atom. The summed E-state index contributed by atoms with van der Waals surface area (Å²) in [5, 5.41) is 2.43. The van der Waals surface area contributed by atoms with Crippen molar-refractivity contribution in [2.24, 2.45) is 0 Å². The second kappa shape index (κ2) is 5.19. The number of morpholine rings is 1. The fourth-order valence-electron chi connectivity index (χ4n) is 2.55. The minimum Gasteiger partial charge on any atom is -0.497 e. The molecule has 0 saturated carbocycles. The van der Waals surface area contributed by atoms with Crippen molar-refractivity contribution in [2.75, 3.05) is 33.9 Å². The first-order valence-electron chi connectivity index (χ1n) is 6.64. The summed E-state index contributed by atoms with van der Waals surface area (Å²) in [4.78, 5) is 2.31. The van der Waals surface area contributed by atoms with Gasteiger partial charge in [0.25, 0.3) is 0 Å². The predicted octanol–water partition coefficient (Wildman–Crippen LogP) is 2.85. The smallest absolute Gasteiger partial charge is 0.119 e. The number of fused-ring (bicyclic) bond motifs is 1. The fraction of sp³-hybridized carbons (Fsp3) is 0.375. The Hall–Kier alpha value is -1.58. The maximum atomic E-state index is 5.86. The SMILES string of the molecule is COc1ccc2cc([C@@H]3CN(C)CCO3)ccc2c1. The van der Waals surface area contributed by atoms with E-state index in [2.05, 4.69) is 42.3 Å². The lowest BCUT2D eigenvalue weighted by Crippen LogP contribution is -2.35. The van der Waals surface area contributed by atoms with Gasteiger partial charge in [0.15, 0.2) is 0 Å². The molecule has 2 aromatic rings. The second-order valence-corrected chi connectivity index (χ2v) is 5.09. The summed E-state index contributed by atoms with van der Waals surface area (Å²) >= 11 is 0. The molecule has 1 fully saturated rings. The summed E-state index contributed by atoms with van der Waals surface area (Å²) in [6.45, 7) is 2.78. The van der Waals surface area contributed by atoms with Crippen molar-refractivity contribution in [1.82, 2.24) is 4.90 Å². The molecule has 19 heavy (non-hydrogen) atoms. The van der Waals surface area contributed by atoms with Gasteiger partial charge < -0.3 is 14.4 Å². The van der Waals surface area contributed by atoms with Crippen molar-refractivity contribution < 1.29 is 9.47 Å². The van der Waals surface area contributed by atoms with E-state index in [0.29, 0.717) is 0 Å². The van der Waals surface area contributed by atoms with Crippen LogP contribution in [0.3, 0.4) is 0 Å². The van der Waals surface area contributed by atoms with E-state index in [9.17, 15) is 0 Å². The van der Waals surface area contributed by atoms with Crippen molar-refractivity contribution in [2.45, 2.75) is 6.10 Å². The predicted molar refractivity (Wildman–Crippen MR) is 76.7 cm³/mol. The first-order valence-corrected chi connectivity index (χ1v) is 6.64. The highest BCUT2D eigenvalue weighted by molar-refractivity contribution is 5.84. The summed E-state index contributed by atoms with van der Waals surface area (Å²) in [5.41, 5.74) is 1.25. The third-order valence-electron chi connectivity index (χ3n) is 3.71. The molecule has 2 aromatic carbocycles. The third kappa shape index (κ3) is 2.57. The summed E-state index contributed by atoms with van der Waals surface area (Å²) in [5.74, 6) is 0.897. The fourth-order valence-corrected chi connectivity index (χ4v) is 2.55. The van der Waals surface area contributed by atoms with Crippen LogP contribution in [0.4, 0.5) is 0 Å². The van der Waals surface area contributed by atoms with Gasteiger partial charge in [-0.2, -0.15) is 0 Å². The van der Waals surface area contributed by atoms with E-state index in [1.807, 2.05) is 6.07 Å². The van der Waals surface area contributed by atoms with Gasteiger partial charge in [0.1, 0.15) is 5.75 Å². The van der Waals surface area contributed by atoms with Crippen molar-refractivity contribution in [3.8, 4) is 5.75 Å². The lowest BCUT2D eigenvalue weighted by Gasteiger charge is -2.30. The molecular formula is C16H19NO2. The van der Waals surface area contributed by atoms with Crippen LogP contribution in [-0.4, -0.2) is 38.8 Å². The maximum Gasteiger partial charge on any atom is 0.119 e. The Morgan fingerprint density at radius 2 is 1.95 bits per heavy atom. The highest BCUT2D eigenvalue weighted by Gasteiger charge is 2.19. The monoisotopic (exact) mass is 257 g/mol. The van der Waals surface area contributed by atoms with Gasteiger partial charge in [-0.1, -0.05) is 18.2 Å². The Bertz CT molecular complexity index is 582. The number of hydrogen-bond acceptors (Lipinski definition) is 3. The Labute approximate surface area is 113 Å². The van der Waals surface area contributed by atoms with Crippen molar-refractivity contribution in [1.29, 1.82) is 0 Å². The quantitative estimate of drug-likeness (QED) is 0.825. The molecule has 0 spiro atoms. The molecule has 0 amide bonds. The molecule has 0 N–H and O–H groups in total. The number of nitrogens with zero attached hydrogens (tertiary/aromatic N) is 1. The molecule has 3 heteroatoms. The topological polar surface area (TPSA) is 21.7 Å². The van der Waals surface area contributed by atoms with Crippen LogP contribution in [-0.2, 0) is 4.74 Å². The van der Waals surface area contributed by atoms with Gasteiger partial charge in [0, 0.05) is 13.1 Å². The Kier molecular flexibility index (Phi) is 3.40. The molecular weight excluding hydrogens is 238 g/mol. The molecule has 0 radical (unpaired) electrons. The molecule has 1 aliphatic heterocycles. The highest BCUT2D eigenvalue weighted by atomic mass is 16.5. The van der Waals surface area contributed by atoms with Crippen LogP contribution >= 0.6 is 0 Å². The van der Waals surface area contributed by atoms with E-state index in [1.165, 1.54) is 16.3 Å². The van der Waals surface area contributed by atoms with Crippen LogP contribution in [0.15, 0.2) is 36.4 Å². The van der Waals surface area contributed by atoms with Gasteiger partial charge in [-0.25, -0.2) is 0 Å². The van der Waals surface area contributed by atoms with Gasteiger partial charge in [0.2, 0.25) is 0 Å². The number of benzene rings is 2. The van der Waals surface area contributed by atoms with Gasteiger partial charge in [-0.15, -0.1) is 0 Å². The zero-order valence-corrected chi connectivity index (χ0v) is 11.4. The molecule has 0 unspecified atom stereocenters. The van der Waals surface area contributed by atoms with Gasteiger partial charge in [-0.3, -0.25) is 0 Å². The summed E-state index contributed by atoms with van der Waals surface area (Å²) in [7, 11) is 3.84. The van der Waals surface area contributed by atoms with Crippen LogP contribution in [0.25, 0.3) is 10.8 Å². The number of rotatable bonds is 2. The molecule has 0 bridgehead atoms. The standard InChI is InChI=1S/C16H19NO2/c1-17-7-8-19-16(11-17)14-4-3-13-10-15(18-2)6-5-12(13)9-14/h3-6,9-10,16H,7-8,11H2,1-2H3/t16-/m0/s1. The van der Waals surface area contributed by atoms with Crippen LogP contribution in [0, 0.1) is 0 Å². The van der Waals surface area contributed by atoms with E-state index in [1.54, 1.807) is 7.11 Å². The van der Waals surface area contributed by atoms with Crippen molar-refractivity contribution >= 4 is 10.8 Å². The third-order valence-corrected chi connectivity index (χ3v) is 3.71. The maximum absolute atomic E-state index is 5.86. The Morgan fingerprint density at radius 3 is 2.74 bits per heavy atom. The first kappa shape index (κ1) is 12.5. The molecule has 100 valence electrons. The van der Waals surface area contributed by atoms with Crippen LogP contribution < -0.4 is 4.74 Å². The Balaban J connectivity index is 1.93. The molecule has 1 aliphatic rings. The minimum absolute atomic E-state index is 0.185. The summed E-state index contributed by atoms with van der Waals surface area (Å²) in [6.07, 6.45) is 0.185. The van der Waals surface area contributed by atoms with Crippen LogP contribution in [0.1, 0.15) is 11.7 Å². The van der Waals surface area contributed by atoms with E-state index in [4.69, 9.17) is 9.47 Å². The molecule has 1 saturated heterocycles. The minimum atomic E-state index is 0.185. The van der Waals surface area contributed by atoms with E-state index >= 15 is 0 Å². The molecule has 3 rings (SSSR count).